The van der Waals surface area contributed by atoms with Crippen molar-refractivity contribution in [3.05, 3.63) is 0 Å². The van der Waals surface area contributed by atoms with Crippen LogP contribution in [0.25, 0.3) is 0 Å². The number of nitrogens with one attached hydrogen (secondary N) is 1. The van der Waals surface area contributed by atoms with Gasteiger partial charge in [-0.25, -0.2) is 0 Å². The minimum absolute atomic E-state index is 0.0611. The molecule has 0 radical (unpaired) electrons. The van der Waals surface area contributed by atoms with Crippen molar-refractivity contribution in [3.63, 3.8) is 0 Å². The molecule has 1 amide bonds. The smallest absolute Gasteiger partial charge is 0.224 e. The number of amides is 1. The summed E-state index contributed by atoms with van der Waals surface area (Å²) in [7, 11) is 0. The molecule has 0 spiro atoms. The van der Waals surface area contributed by atoms with Gasteiger partial charge in [-0.05, 0) is 19.8 Å². The molecular formula is C10H20N2O3. The van der Waals surface area contributed by atoms with Crippen LogP contribution in [-0.4, -0.2) is 40.9 Å². The number of aliphatic hydroxyl groups excluding tert-OH is 1. The minimum Gasteiger partial charge on any atom is -0.393 e. The lowest BCUT2D eigenvalue weighted by Gasteiger charge is -2.22. The highest BCUT2D eigenvalue weighted by atomic mass is 16.3. The molecule has 3 unspecified atom stereocenters. The maximum absolute atomic E-state index is 11.6. The quantitative estimate of drug-likeness (QED) is 0.483. The molecule has 5 nitrogen and oxygen atoms in total. The van der Waals surface area contributed by atoms with Gasteiger partial charge in [-0.3, -0.25) is 4.79 Å². The predicted octanol–water partition coefficient (Wildman–Crippen LogP) is -1.03. The first-order valence-electron chi connectivity index (χ1n) is 5.33. The molecule has 0 aromatic rings. The van der Waals surface area contributed by atoms with Gasteiger partial charge < -0.3 is 21.3 Å². The number of hydrogen-bond donors (Lipinski definition) is 4. The van der Waals surface area contributed by atoms with Gasteiger partial charge in [-0.15, -0.1) is 0 Å². The summed E-state index contributed by atoms with van der Waals surface area (Å²) in [6.45, 7) is 1.16. The maximum Gasteiger partial charge on any atom is 0.224 e. The number of hydrogen-bond acceptors (Lipinski definition) is 4. The van der Waals surface area contributed by atoms with E-state index in [2.05, 4.69) is 5.32 Å². The third kappa shape index (κ3) is 3.44. The van der Waals surface area contributed by atoms with E-state index in [1.54, 1.807) is 0 Å². The summed E-state index contributed by atoms with van der Waals surface area (Å²) in [6, 6.07) is -0.0657. The number of aliphatic hydroxyl groups is 2. The Morgan fingerprint density at radius 1 is 1.60 bits per heavy atom. The van der Waals surface area contributed by atoms with Gasteiger partial charge in [0.1, 0.15) is 5.60 Å². The first-order chi connectivity index (χ1) is 6.96. The molecule has 0 aliphatic heterocycles. The van der Waals surface area contributed by atoms with Crippen LogP contribution in [0.1, 0.15) is 26.2 Å². The highest BCUT2D eigenvalue weighted by Gasteiger charge is 2.31. The second kappa shape index (κ2) is 4.92. The Bertz CT molecular complexity index is 231. The Balaban J connectivity index is 2.36. The zero-order valence-electron chi connectivity index (χ0n) is 9.07. The van der Waals surface area contributed by atoms with Crippen LogP contribution in [0.2, 0.25) is 0 Å². The Morgan fingerprint density at radius 2 is 2.27 bits per heavy atom. The zero-order chi connectivity index (χ0) is 11.5. The zero-order valence-corrected chi connectivity index (χ0v) is 9.07. The minimum atomic E-state index is -1.25. The Kier molecular flexibility index (Phi) is 4.07. The normalized spacial score (nSPS) is 29.9. The van der Waals surface area contributed by atoms with Crippen LogP contribution in [0.15, 0.2) is 0 Å². The second-order valence-corrected chi connectivity index (χ2v) is 4.57. The van der Waals surface area contributed by atoms with Crippen molar-refractivity contribution in [1.82, 2.24) is 5.32 Å². The third-order valence-corrected chi connectivity index (χ3v) is 2.89. The number of carbonyl (C=O) groups excluding carboxylic acids is 1. The summed E-state index contributed by atoms with van der Waals surface area (Å²) in [5.41, 5.74) is 4.53. The molecule has 0 bridgehead atoms. The van der Waals surface area contributed by atoms with E-state index in [1.807, 2.05) is 0 Å². The molecule has 88 valence electrons. The number of nitrogens with two attached hydrogens (primary N) is 1. The largest absolute Gasteiger partial charge is 0.393 e. The summed E-state index contributed by atoms with van der Waals surface area (Å²) in [4.78, 5) is 11.6. The van der Waals surface area contributed by atoms with Crippen LogP contribution in [0.5, 0.6) is 0 Å². The second-order valence-electron chi connectivity index (χ2n) is 4.57. The fourth-order valence-corrected chi connectivity index (χ4v) is 1.78. The average molecular weight is 216 g/mol. The van der Waals surface area contributed by atoms with Gasteiger partial charge in [0.25, 0.3) is 0 Å². The molecule has 1 saturated carbocycles. The molecule has 0 aromatic carbocycles. The third-order valence-electron chi connectivity index (χ3n) is 2.89. The van der Waals surface area contributed by atoms with Crippen LogP contribution < -0.4 is 11.1 Å². The van der Waals surface area contributed by atoms with Gasteiger partial charge in [0, 0.05) is 12.6 Å². The van der Waals surface area contributed by atoms with E-state index in [0.717, 1.165) is 19.3 Å². The molecule has 15 heavy (non-hydrogen) atoms. The topological polar surface area (TPSA) is 95.6 Å². The summed E-state index contributed by atoms with van der Waals surface area (Å²) in [5, 5.41) is 20.9. The Labute approximate surface area is 89.7 Å². The van der Waals surface area contributed by atoms with Gasteiger partial charge in [0.15, 0.2) is 0 Å². The van der Waals surface area contributed by atoms with Crippen LogP contribution >= 0.6 is 0 Å². The van der Waals surface area contributed by atoms with E-state index < -0.39 is 5.60 Å². The van der Waals surface area contributed by atoms with Gasteiger partial charge in [-0.1, -0.05) is 6.42 Å². The lowest BCUT2D eigenvalue weighted by molar-refractivity contribution is -0.126. The fourth-order valence-electron chi connectivity index (χ4n) is 1.78. The van der Waals surface area contributed by atoms with E-state index in [1.165, 1.54) is 6.92 Å². The summed E-state index contributed by atoms with van der Waals surface area (Å²) < 4.78 is 0. The molecule has 0 heterocycles. The monoisotopic (exact) mass is 216 g/mol. The first kappa shape index (κ1) is 12.4. The highest BCUT2D eigenvalue weighted by Crippen LogP contribution is 2.23. The van der Waals surface area contributed by atoms with E-state index in [4.69, 9.17) is 10.8 Å². The fraction of sp³-hybridized carbons (Fsp3) is 0.900. The number of carbonyl (C=O) groups is 1. The molecule has 0 aromatic heterocycles. The van der Waals surface area contributed by atoms with E-state index in [-0.39, 0.29) is 31.0 Å². The van der Waals surface area contributed by atoms with Crippen molar-refractivity contribution in [2.24, 2.45) is 11.7 Å². The van der Waals surface area contributed by atoms with Crippen molar-refractivity contribution in [1.29, 1.82) is 0 Å². The predicted molar refractivity (Wildman–Crippen MR) is 56.0 cm³/mol. The van der Waals surface area contributed by atoms with Crippen LogP contribution in [0.4, 0.5) is 0 Å². The van der Waals surface area contributed by atoms with Gasteiger partial charge in [0.2, 0.25) is 5.91 Å². The lowest BCUT2D eigenvalue weighted by atomic mass is 10.0. The molecule has 1 rings (SSSR count). The molecule has 5 heteroatoms. The summed E-state index contributed by atoms with van der Waals surface area (Å²) in [6.07, 6.45) is 2.68. The Morgan fingerprint density at radius 3 is 2.73 bits per heavy atom. The van der Waals surface area contributed by atoms with Crippen LogP contribution in [0, 0.1) is 5.92 Å². The van der Waals surface area contributed by atoms with Crippen LogP contribution in [-0.2, 0) is 4.79 Å². The standard InChI is InChI=1S/C10H20N2O3/c1-10(15,6-13)5-12-9(14)7-3-2-4-8(7)11/h7-8,13,15H,2-6,11H2,1H3,(H,12,14). The molecule has 3 atom stereocenters. The van der Waals surface area contributed by atoms with E-state index in [9.17, 15) is 9.90 Å². The molecule has 1 aliphatic rings. The molecule has 0 saturated heterocycles. The van der Waals surface area contributed by atoms with E-state index in [0.29, 0.717) is 0 Å². The van der Waals surface area contributed by atoms with Crippen molar-refractivity contribution in [2.75, 3.05) is 13.2 Å². The lowest BCUT2D eigenvalue weighted by Crippen LogP contribution is -2.47. The van der Waals surface area contributed by atoms with Crippen molar-refractivity contribution in [3.8, 4) is 0 Å². The summed E-state index contributed by atoms with van der Waals surface area (Å²) >= 11 is 0. The average Bonchev–Trinajstić information content (AvgIpc) is 2.61. The van der Waals surface area contributed by atoms with E-state index >= 15 is 0 Å². The van der Waals surface area contributed by atoms with Crippen molar-refractivity contribution >= 4 is 5.91 Å². The molecule has 1 aliphatic carbocycles. The van der Waals surface area contributed by atoms with Gasteiger partial charge in [0.05, 0.1) is 12.5 Å². The van der Waals surface area contributed by atoms with Gasteiger partial charge in [-0.2, -0.15) is 0 Å². The van der Waals surface area contributed by atoms with Gasteiger partial charge >= 0.3 is 0 Å². The molecule has 1 fully saturated rings. The maximum atomic E-state index is 11.6. The highest BCUT2D eigenvalue weighted by molar-refractivity contribution is 5.79. The Hall–Kier alpha value is -0.650. The number of rotatable bonds is 4. The SMILES string of the molecule is CC(O)(CO)CNC(=O)C1CCCC1N. The first-order valence-corrected chi connectivity index (χ1v) is 5.33. The molecular weight excluding hydrogens is 196 g/mol. The van der Waals surface area contributed by atoms with Crippen molar-refractivity contribution < 1.29 is 15.0 Å². The molecule has 5 N–H and O–H groups in total. The summed E-state index contributed by atoms with van der Waals surface area (Å²) in [5.74, 6) is -0.256. The van der Waals surface area contributed by atoms with Crippen molar-refractivity contribution in [2.45, 2.75) is 37.8 Å². The van der Waals surface area contributed by atoms with Crippen LogP contribution in [0.3, 0.4) is 0 Å².